The molecule has 0 aliphatic carbocycles. The number of carbonyl (C=O) groups excluding carboxylic acids is 2. The van der Waals surface area contributed by atoms with Crippen molar-refractivity contribution in [3.8, 4) is 0 Å². The van der Waals surface area contributed by atoms with Crippen molar-refractivity contribution in [1.82, 2.24) is 4.98 Å². The van der Waals surface area contributed by atoms with E-state index >= 15 is 0 Å². The normalized spacial score (nSPS) is 17.3. The zero-order valence-corrected chi connectivity index (χ0v) is 13.0. The molecule has 1 aromatic heterocycles. The van der Waals surface area contributed by atoms with E-state index in [4.69, 9.17) is 0 Å². The number of nitrogens with zero attached hydrogens (tertiary/aromatic N) is 2. The van der Waals surface area contributed by atoms with Crippen molar-refractivity contribution in [2.75, 3.05) is 16.8 Å². The van der Waals surface area contributed by atoms with Gasteiger partial charge < -0.3 is 10.2 Å². The Morgan fingerprint density at radius 3 is 2.74 bits per heavy atom. The van der Waals surface area contributed by atoms with Crippen molar-refractivity contribution in [3.63, 3.8) is 0 Å². The molecule has 1 aliphatic rings. The Hall–Kier alpha value is -2.69. The number of anilines is 2. The molecule has 1 unspecified atom stereocenters. The number of aryl methyl sites for hydroxylation is 1. The third kappa shape index (κ3) is 3.23. The van der Waals surface area contributed by atoms with Crippen molar-refractivity contribution >= 4 is 23.2 Å². The van der Waals surface area contributed by atoms with Gasteiger partial charge in [0.1, 0.15) is 0 Å². The minimum Gasteiger partial charge on any atom is -0.326 e. The first-order chi connectivity index (χ1) is 11.2. The van der Waals surface area contributed by atoms with Gasteiger partial charge in [0, 0.05) is 36.7 Å². The molecule has 1 fully saturated rings. The summed E-state index contributed by atoms with van der Waals surface area (Å²) in [6, 6.07) is 11.3. The summed E-state index contributed by atoms with van der Waals surface area (Å²) < 4.78 is 0. The minimum atomic E-state index is -0.333. The highest BCUT2D eigenvalue weighted by molar-refractivity contribution is 6.03. The molecule has 1 saturated heterocycles. The predicted octanol–water partition coefficient (Wildman–Crippen LogP) is 2.64. The summed E-state index contributed by atoms with van der Waals surface area (Å²) in [7, 11) is 0. The molecule has 1 aliphatic heterocycles. The fourth-order valence-electron chi connectivity index (χ4n) is 2.87. The van der Waals surface area contributed by atoms with E-state index in [1.54, 1.807) is 29.4 Å². The lowest BCUT2D eigenvalue weighted by Crippen LogP contribution is -2.28. The molecule has 2 amide bonds. The minimum absolute atomic E-state index is 0.000721. The predicted molar refractivity (Wildman–Crippen MR) is 89.1 cm³/mol. The summed E-state index contributed by atoms with van der Waals surface area (Å²) in [5.74, 6) is -0.456. The standard InChI is InChI=1S/C18H19N3O2/c1-2-13-5-3-4-6-16(13)21-12-14(11-17(21)22)18(23)20-15-7-9-19-10-8-15/h3-10,14H,2,11-12H2,1H3,(H,19,20,23). The van der Waals surface area contributed by atoms with E-state index in [2.05, 4.69) is 17.2 Å². The number of aromatic nitrogens is 1. The molecule has 23 heavy (non-hydrogen) atoms. The Bertz CT molecular complexity index is 715. The molecule has 0 radical (unpaired) electrons. The van der Waals surface area contributed by atoms with Gasteiger partial charge in [-0.3, -0.25) is 14.6 Å². The largest absolute Gasteiger partial charge is 0.326 e. The first-order valence-corrected chi connectivity index (χ1v) is 7.78. The number of hydrogen-bond donors (Lipinski definition) is 1. The molecular formula is C18H19N3O2. The number of benzene rings is 1. The summed E-state index contributed by atoms with van der Waals surface area (Å²) in [5.41, 5.74) is 2.74. The topological polar surface area (TPSA) is 62.3 Å². The van der Waals surface area contributed by atoms with E-state index < -0.39 is 0 Å². The fraction of sp³-hybridized carbons (Fsp3) is 0.278. The van der Waals surface area contributed by atoms with Crippen LogP contribution in [-0.2, 0) is 16.0 Å². The van der Waals surface area contributed by atoms with Crippen LogP contribution in [0.4, 0.5) is 11.4 Å². The van der Waals surface area contributed by atoms with Gasteiger partial charge in [-0.1, -0.05) is 25.1 Å². The molecule has 1 aromatic carbocycles. The van der Waals surface area contributed by atoms with Crippen LogP contribution in [0.5, 0.6) is 0 Å². The first kappa shape index (κ1) is 15.2. The summed E-state index contributed by atoms with van der Waals surface area (Å²) >= 11 is 0. The summed E-state index contributed by atoms with van der Waals surface area (Å²) in [4.78, 5) is 30.4. The molecule has 1 atom stereocenters. The van der Waals surface area contributed by atoms with Gasteiger partial charge >= 0.3 is 0 Å². The third-order valence-electron chi connectivity index (χ3n) is 4.11. The van der Waals surface area contributed by atoms with Gasteiger partial charge in [0.2, 0.25) is 11.8 Å². The molecular weight excluding hydrogens is 290 g/mol. The van der Waals surface area contributed by atoms with E-state index in [0.29, 0.717) is 12.2 Å². The van der Waals surface area contributed by atoms with Crippen molar-refractivity contribution in [1.29, 1.82) is 0 Å². The van der Waals surface area contributed by atoms with Crippen molar-refractivity contribution < 1.29 is 9.59 Å². The highest BCUT2D eigenvalue weighted by Crippen LogP contribution is 2.29. The number of carbonyl (C=O) groups is 2. The second-order valence-electron chi connectivity index (χ2n) is 5.61. The van der Waals surface area contributed by atoms with Gasteiger partial charge in [0.25, 0.3) is 0 Å². The zero-order chi connectivity index (χ0) is 16.2. The van der Waals surface area contributed by atoms with Crippen LogP contribution in [0.1, 0.15) is 18.9 Å². The van der Waals surface area contributed by atoms with Crippen LogP contribution in [0.2, 0.25) is 0 Å². The third-order valence-corrected chi connectivity index (χ3v) is 4.11. The maximum Gasteiger partial charge on any atom is 0.229 e. The molecule has 0 saturated carbocycles. The molecule has 0 bridgehead atoms. The van der Waals surface area contributed by atoms with Gasteiger partial charge in [-0.05, 0) is 30.2 Å². The molecule has 3 rings (SSSR count). The Kier molecular flexibility index (Phi) is 4.37. The molecule has 1 N–H and O–H groups in total. The van der Waals surface area contributed by atoms with Crippen molar-refractivity contribution in [3.05, 3.63) is 54.4 Å². The summed E-state index contributed by atoms with van der Waals surface area (Å²) in [6.07, 6.45) is 4.35. The number of para-hydroxylation sites is 1. The zero-order valence-electron chi connectivity index (χ0n) is 13.0. The Morgan fingerprint density at radius 2 is 2.00 bits per heavy atom. The van der Waals surface area contributed by atoms with Gasteiger partial charge in [-0.15, -0.1) is 0 Å². The fourth-order valence-corrected chi connectivity index (χ4v) is 2.87. The van der Waals surface area contributed by atoms with E-state index in [1.807, 2.05) is 24.3 Å². The van der Waals surface area contributed by atoms with Crippen molar-refractivity contribution in [2.24, 2.45) is 5.92 Å². The van der Waals surface area contributed by atoms with E-state index in [9.17, 15) is 9.59 Å². The van der Waals surface area contributed by atoms with Crippen LogP contribution >= 0.6 is 0 Å². The molecule has 118 valence electrons. The monoisotopic (exact) mass is 309 g/mol. The number of rotatable bonds is 4. The first-order valence-electron chi connectivity index (χ1n) is 7.78. The maximum absolute atomic E-state index is 12.4. The Labute approximate surface area is 135 Å². The highest BCUT2D eigenvalue weighted by atomic mass is 16.2. The van der Waals surface area contributed by atoms with Crippen LogP contribution in [0.3, 0.4) is 0 Å². The van der Waals surface area contributed by atoms with Gasteiger partial charge in [-0.25, -0.2) is 0 Å². The van der Waals surface area contributed by atoms with Crippen LogP contribution < -0.4 is 10.2 Å². The van der Waals surface area contributed by atoms with E-state index in [-0.39, 0.29) is 24.2 Å². The van der Waals surface area contributed by atoms with Gasteiger partial charge in [0.15, 0.2) is 0 Å². The molecule has 0 spiro atoms. The van der Waals surface area contributed by atoms with Crippen LogP contribution in [0.25, 0.3) is 0 Å². The highest BCUT2D eigenvalue weighted by Gasteiger charge is 2.35. The van der Waals surface area contributed by atoms with Crippen LogP contribution in [-0.4, -0.2) is 23.3 Å². The lowest BCUT2D eigenvalue weighted by atomic mass is 10.1. The van der Waals surface area contributed by atoms with Crippen molar-refractivity contribution in [2.45, 2.75) is 19.8 Å². The lowest BCUT2D eigenvalue weighted by molar-refractivity contribution is -0.122. The average Bonchev–Trinajstić information content (AvgIpc) is 2.97. The Morgan fingerprint density at radius 1 is 1.26 bits per heavy atom. The van der Waals surface area contributed by atoms with Gasteiger partial charge in [0.05, 0.1) is 5.92 Å². The second-order valence-corrected chi connectivity index (χ2v) is 5.61. The maximum atomic E-state index is 12.4. The molecule has 2 aromatic rings. The summed E-state index contributed by atoms with van der Waals surface area (Å²) in [6.45, 7) is 2.49. The Balaban J connectivity index is 1.73. The number of amides is 2. The quantitative estimate of drug-likeness (QED) is 0.944. The van der Waals surface area contributed by atoms with Crippen LogP contribution in [0, 0.1) is 5.92 Å². The molecule has 5 heteroatoms. The molecule has 2 heterocycles. The van der Waals surface area contributed by atoms with E-state index in [1.165, 1.54) is 0 Å². The van der Waals surface area contributed by atoms with Crippen LogP contribution in [0.15, 0.2) is 48.8 Å². The number of hydrogen-bond acceptors (Lipinski definition) is 3. The van der Waals surface area contributed by atoms with E-state index in [0.717, 1.165) is 17.7 Å². The SMILES string of the molecule is CCc1ccccc1N1CC(C(=O)Nc2ccncc2)CC1=O. The average molecular weight is 309 g/mol. The number of pyridine rings is 1. The number of nitrogens with one attached hydrogen (secondary N) is 1. The molecule has 5 nitrogen and oxygen atoms in total. The smallest absolute Gasteiger partial charge is 0.229 e. The lowest BCUT2D eigenvalue weighted by Gasteiger charge is -2.20. The second kappa shape index (κ2) is 6.60. The summed E-state index contributed by atoms with van der Waals surface area (Å²) in [5, 5.41) is 2.85. The van der Waals surface area contributed by atoms with Gasteiger partial charge in [-0.2, -0.15) is 0 Å².